The van der Waals surface area contributed by atoms with Crippen molar-refractivity contribution in [2.45, 2.75) is 11.3 Å². The highest BCUT2D eigenvalue weighted by atomic mass is 35.5. The highest BCUT2D eigenvalue weighted by molar-refractivity contribution is 7.99. The van der Waals surface area contributed by atoms with E-state index in [2.05, 4.69) is 10.3 Å². The van der Waals surface area contributed by atoms with Gasteiger partial charge in [-0.1, -0.05) is 35.5 Å². The number of aromatic nitrogens is 2. The highest BCUT2D eigenvalue weighted by Crippen LogP contribution is 2.34. The molecule has 0 bridgehead atoms. The Morgan fingerprint density at radius 2 is 1.83 bits per heavy atom. The number of hydrogen-bond acceptors (Lipinski definition) is 5. The van der Waals surface area contributed by atoms with Gasteiger partial charge in [0.2, 0.25) is 5.91 Å². The van der Waals surface area contributed by atoms with Gasteiger partial charge in [0.15, 0.2) is 5.16 Å². The summed E-state index contributed by atoms with van der Waals surface area (Å²) in [5.74, 6) is -0.241. The van der Waals surface area contributed by atoms with E-state index in [1.807, 2.05) is 0 Å². The number of hydrogen-bond donors (Lipinski definition) is 1. The molecule has 4 aromatic rings. The van der Waals surface area contributed by atoms with Gasteiger partial charge in [-0.05, 0) is 54.6 Å². The average molecular weight is 520 g/mol. The van der Waals surface area contributed by atoms with Gasteiger partial charge in [0.1, 0.15) is 5.75 Å². The van der Waals surface area contributed by atoms with Crippen molar-refractivity contribution >= 4 is 45.9 Å². The molecule has 6 nitrogen and oxygen atoms in total. The number of carbonyl (C=O) groups is 1. The number of benzene rings is 3. The smallest absolute Gasteiger partial charge is 0.416 e. The zero-order chi connectivity index (χ0) is 25.2. The number of halogens is 4. The van der Waals surface area contributed by atoms with Gasteiger partial charge in [-0.15, -0.1) is 0 Å². The number of nitrogens with zero attached hydrogens (tertiary/aromatic N) is 2. The minimum absolute atomic E-state index is 0.0321. The average Bonchev–Trinajstić information content (AvgIpc) is 2.83. The van der Waals surface area contributed by atoms with Crippen molar-refractivity contribution in [2.24, 2.45) is 0 Å². The van der Waals surface area contributed by atoms with E-state index in [9.17, 15) is 22.8 Å². The first-order chi connectivity index (χ1) is 16.7. The molecule has 1 N–H and O–H groups in total. The molecule has 0 spiro atoms. The van der Waals surface area contributed by atoms with Crippen molar-refractivity contribution < 1.29 is 22.7 Å². The molecule has 1 heterocycles. The predicted octanol–water partition coefficient (Wildman–Crippen LogP) is 5.80. The molecule has 3 aromatic carbocycles. The number of amides is 1. The molecule has 11 heteroatoms. The number of ether oxygens (including phenoxy) is 1. The largest absolute Gasteiger partial charge is 0.497 e. The lowest BCUT2D eigenvalue weighted by Gasteiger charge is -2.14. The molecule has 1 aromatic heterocycles. The van der Waals surface area contributed by atoms with Crippen molar-refractivity contribution in [3.8, 4) is 11.4 Å². The van der Waals surface area contributed by atoms with Gasteiger partial charge in [0.25, 0.3) is 5.56 Å². The van der Waals surface area contributed by atoms with E-state index in [-0.39, 0.29) is 27.2 Å². The Labute approximate surface area is 206 Å². The molecule has 0 radical (unpaired) electrons. The number of para-hydroxylation sites is 1. The second-order valence-corrected chi connectivity index (χ2v) is 8.63. The minimum atomic E-state index is -4.58. The van der Waals surface area contributed by atoms with E-state index in [0.29, 0.717) is 22.3 Å². The molecule has 0 aliphatic heterocycles. The van der Waals surface area contributed by atoms with Crippen molar-refractivity contribution in [2.75, 3.05) is 18.2 Å². The van der Waals surface area contributed by atoms with E-state index in [1.54, 1.807) is 48.5 Å². The zero-order valence-corrected chi connectivity index (χ0v) is 19.7. The lowest BCUT2D eigenvalue weighted by molar-refractivity contribution is -0.137. The van der Waals surface area contributed by atoms with Gasteiger partial charge in [-0.2, -0.15) is 13.2 Å². The zero-order valence-electron chi connectivity index (χ0n) is 18.1. The molecule has 0 aliphatic rings. The van der Waals surface area contributed by atoms with Crippen LogP contribution in [0.4, 0.5) is 18.9 Å². The molecule has 0 atom stereocenters. The number of thioether (sulfide) groups is 1. The third-order valence-electron chi connectivity index (χ3n) is 4.98. The summed E-state index contributed by atoms with van der Waals surface area (Å²) >= 11 is 6.93. The maximum Gasteiger partial charge on any atom is 0.416 e. The Bertz CT molecular complexity index is 1460. The lowest BCUT2D eigenvalue weighted by Crippen LogP contribution is -2.23. The first-order valence-electron chi connectivity index (χ1n) is 10.1. The van der Waals surface area contributed by atoms with Crippen molar-refractivity contribution in [3.05, 3.63) is 87.7 Å². The van der Waals surface area contributed by atoms with Crippen molar-refractivity contribution in [1.82, 2.24) is 9.55 Å². The Morgan fingerprint density at radius 1 is 1.11 bits per heavy atom. The molecule has 0 unspecified atom stereocenters. The van der Waals surface area contributed by atoms with Crippen molar-refractivity contribution in [1.29, 1.82) is 0 Å². The van der Waals surface area contributed by atoms with Crippen LogP contribution in [0.1, 0.15) is 5.56 Å². The Hall–Kier alpha value is -3.50. The van der Waals surface area contributed by atoms with Gasteiger partial charge < -0.3 is 10.1 Å². The van der Waals surface area contributed by atoms with Gasteiger partial charge in [-0.25, -0.2) is 4.98 Å². The molecule has 4 rings (SSSR count). The van der Waals surface area contributed by atoms with Crippen LogP contribution < -0.4 is 15.6 Å². The van der Waals surface area contributed by atoms with E-state index in [1.165, 1.54) is 11.7 Å². The van der Waals surface area contributed by atoms with Crippen LogP contribution in [-0.4, -0.2) is 28.3 Å². The first kappa shape index (κ1) is 24.6. The normalized spacial score (nSPS) is 11.5. The highest BCUT2D eigenvalue weighted by Gasteiger charge is 2.31. The molecule has 0 saturated carbocycles. The fraction of sp³-hybridized carbons (Fsp3) is 0.125. The number of fused-ring (bicyclic) bond motifs is 1. The predicted molar refractivity (Wildman–Crippen MR) is 130 cm³/mol. The molecule has 0 saturated heterocycles. The summed E-state index contributed by atoms with van der Waals surface area (Å²) in [6, 6.07) is 16.2. The number of methoxy groups -OCH3 is 1. The molecule has 0 aliphatic carbocycles. The van der Waals surface area contributed by atoms with Gasteiger partial charge >= 0.3 is 6.18 Å². The number of anilines is 1. The van der Waals surface area contributed by atoms with Crippen LogP contribution in [0.2, 0.25) is 5.02 Å². The lowest BCUT2D eigenvalue weighted by atomic mass is 10.2. The van der Waals surface area contributed by atoms with Crippen LogP contribution in [0.3, 0.4) is 0 Å². The number of alkyl halides is 3. The van der Waals surface area contributed by atoms with Gasteiger partial charge in [0, 0.05) is 0 Å². The molecule has 1 amide bonds. The summed E-state index contributed by atoms with van der Waals surface area (Å²) in [6.07, 6.45) is -4.58. The second-order valence-electron chi connectivity index (χ2n) is 7.28. The van der Waals surface area contributed by atoms with Gasteiger partial charge in [0.05, 0.1) is 45.7 Å². The number of nitrogens with one attached hydrogen (secondary N) is 1. The van der Waals surface area contributed by atoms with E-state index in [0.717, 1.165) is 30.0 Å². The quantitative estimate of drug-likeness (QED) is 0.257. The molecular formula is C24H17ClF3N3O3S. The number of carbonyl (C=O) groups excluding carboxylic acids is 1. The standard InChI is InChI=1S/C24H17ClF3N3O3S/c1-34-16-9-7-15(8-10-16)31-22(33)17-4-2-3-5-19(17)30-23(31)35-13-21(32)29-20-12-14(24(26,27)28)6-11-18(20)25/h2-12H,13H2,1H3,(H,29,32). The summed E-state index contributed by atoms with van der Waals surface area (Å²) in [6.45, 7) is 0. The summed E-state index contributed by atoms with van der Waals surface area (Å²) in [7, 11) is 1.52. The summed E-state index contributed by atoms with van der Waals surface area (Å²) < 4.78 is 45.6. The van der Waals surface area contributed by atoms with Gasteiger partial charge in [-0.3, -0.25) is 14.2 Å². The monoisotopic (exact) mass is 519 g/mol. The molecule has 35 heavy (non-hydrogen) atoms. The number of rotatable bonds is 6. The SMILES string of the molecule is COc1ccc(-n2c(SCC(=O)Nc3cc(C(F)(F)F)ccc3Cl)nc3ccccc3c2=O)cc1. The molecular weight excluding hydrogens is 503 g/mol. The van der Waals surface area contributed by atoms with Crippen LogP contribution in [0.25, 0.3) is 16.6 Å². The fourth-order valence-corrected chi connectivity index (χ4v) is 4.26. The molecule has 0 fully saturated rings. The summed E-state index contributed by atoms with van der Waals surface area (Å²) in [5.41, 5.74) is -0.464. The van der Waals surface area contributed by atoms with Crippen molar-refractivity contribution in [3.63, 3.8) is 0 Å². The Kier molecular flexibility index (Phi) is 7.04. The maximum absolute atomic E-state index is 13.3. The van der Waals surface area contributed by atoms with Crippen LogP contribution in [0.5, 0.6) is 5.75 Å². The van der Waals surface area contributed by atoms with Crippen LogP contribution >= 0.6 is 23.4 Å². The third-order valence-corrected chi connectivity index (χ3v) is 6.24. The maximum atomic E-state index is 13.3. The van der Waals surface area contributed by atoms with Crippen LogP contribution in [0.15, 0.2) is 76.7 Å². The topological polar surface area (TPSA) is 73.2 Å². The Morgan fingerprint density at radius 3 is 2.51 bits per heavy atom. The fourth-order valence-electron chi connectivity index (χ4n) is 3.28. The van der Waals surface area contributed by atoms with Crippen LogP contribution in [0, 0.1) is 0 Å². The third kappa shape index (κ3) is 5.44. The minimum Gasteiger partial charge on any atom is -0.497 e. The van der Waals surface area contributed by atoms with Crippen LogP contribution in [-0.2, 0) is 11.0 Å². The molecule has 180 valence electrons. The Balaban J connectivity index is 1.64. The van der Waals surface area contributed by atoms with E-state index < -0.39 is 17.6 Å². The second kappa shape index (κ2) is 10.0. The van der Waals surface area contributed by atoms with E-state index >= 15 is 0 Å². The summed E-state index contributed by atoms with van der Waals surface area (Å²) in [4.78, 5) is 30.4. The van der Waals surface area contributed by atoms with E-state index in [4.69, 9.17) is 16.3 Å². The summed E-state index contributed by atoms with van der Waals surface area (Å²) in [5, 5.41) is 3.00. The first-order valence-corrected chi connectivity index (χ1v) is 11.5.